The number of nitro groups is 1. The molecular formula is C6H4INO5S-2. The second kappa shape index (κ2) is 4.66. The minimum Gasteiger partial charge on any atom is -1.00 e. The molecule has 0 fully saturated rings. The smallest absolute Gasteiger partial charge is 0.269 e. The van der Waals surface area contributed by atoms with E-state index < -0.39 is 19.9 Å². The molecule has 0 aliphatic carbocycles. The van der Waals surface area contributed by atoms with E-state index in [1.807, 2.05) is 0 Å². The Morgan fingerprint density at radius 3 is 1.86 bits per heavy atom. The molecule has 78 valence electrons. The van der Waals surface area contributed by atoms with Crippen LogP contribution in [0.4, 0.5) is 5.69 Å². The Bertz CT molecular complexity index is 426. The van der Waals surface area contributed by atoms with Gasteiger partial charge in [-0.1, -0.05) is 0 Å². The van der Waals surface area contributed by atoms with Crippen molar-refractivity contribution in [3.8, 4) is 0 Å². The van der Waals surface area contributed by atoms with Crippen LogP contribution < -0.4 is 24.0 Å². The highest BCUT2D eigenvalue weighted by atomic mass is 127. The summed E-state index contributed by atoms with van der Waals surface area (Å²) in [6.45, 7) is 0. The molecule has 14 heavy (non-hydrogen) atoms. The Labute approximate surface area is 96.9 Å². The number of hydrogen-bond donors (Lipinski definition) is 0. The van der Waals surface area contributed by atoms with E-state index in [2.05, 4.69) is 0 Å². The molecular weight excluding hydrogens is 325 g/mol. The molecule has 0 amide bonds. The fourth-order valence-corrected chi connectivity index (χ4v) is 1.20. The fraction of sp³-hybridized carbons (Fsp3) is 0. The lowest BCUT2D eigenvalue weighted by Crippen LogP contribution is -3.00. The lowest BCUT2D eigenvalue weighted by atomic mass is 10.3. The lowest BCUT2D eigenvalue weighted by molar-refractivity contribution is -0.384. The standard InChI is InChI=1S/C6H5NO5S.HI/c8-7(9)5-1-3-6(4-2-5)13(10,11)12;/h1-4H,(H,10,11,12);1H/p-2. The van der Waals surface area contributed by atoms with E-state index in [-0.39, 0.29) is 29.7 Å². The van der Waals surface area contributed by atoms with Gasteiger partial charge in [-0.3, -0.25) is 10.1 Å². The molecule has 1 aromatic rings. The van der Waals surface area contributed by atoms with Crippen LogP contribution in [0.25, 0.3) is 0 Å². The van der Waals surface area contributed by atoms with Gasteiger partial charge in [0.1, 0.15) is 10.1 Å². The van der Waals surface area contributed by atoms with Gasteiger partial charge in [0.05, 0.1) is 9.82 Å². The SMILES string of the molecule is O=[N+]([O-])c1ccc(S(=O)(=O)[O-])cc1.[I-]. The quantitative estimate of drug-likeness (QED) is 0.258. The molecule has 0 heterocycles. The van der Waals surface area contributed by atoms with E-state index in [0.29, 0.717) is 0 Å². The summed E-state index contributed by atoms with van der Waals surface area (Å²) in [7, 11) is -4.52. The van der Waals surface area contributed by atoms with E-state index in [1.165, 1.54) is 0 Å². The van der Waals surface area contributed by atoms with Gasteiger partial charge in [-0.2, -0.15) is 0 Å². The highest BCUT2D eigenvalue weighted by molar-refractivity contribution is 7.85. The van der Waals surface area contributed by atoms with Crippen molar-refractivity contribution in [3.63, 3.8) is 0 Å². The summed E-state index contributed by atoms with van der Waals surface area (Å²) in [5.41, 5.74) is -0.257. The van der Waals surface area contributed by atoms with E-state index in [0.717, 1.165) is 24.3 Å². The van der Waals surface area contributed by atoms with E-state index in [4.69, 9.17) is 0 Å². The highest BCUT2D eigenvalue weighted by Gasteiger charge is 2.06. The Kier molecular flexibility index (Phi) is 4.42. The van der Waals surface area contributed by atoms with E-state index >= 15 is 0 Å². The second-order valence-corrected chi connectivity index (χ2v) is 3.58. The van der Waals surface area contributed by atoms with Crippen LogP contribution in [0.1, 0.15) is 0 Å². The van der Waals surface area contributed by atoms with Crippen LogP contribution in [-0.4, -0.2) is 17.9 Å². The Balaban J connectivity index is 0.00000169. The van der Waals surface area contributed by atoms with Gasteiger partial charge >= 0.3 is 0 Å². The summed E-state index contributed by atoms with van der Waals surface area (Å²) in [4.78, 5) is 8.99. The predicted molar refractivity (Wildman–Crippen MR) is 41.1 cm³/mol. The molecule has 0 atom stereocenters. The van der Waals surface area contributed by atoms with Gasteiger partial charge in [0.2, 0.25) is 0 Å². The molecule has 0 N–H and O–H groups in total. The maximum Gasteiger partial charge on any atom is 0.269 e. The van der Waals surface area contributed by atoms with Crippen molar-refractivity contribution >= 4 is 15.8 Å². The monoisotopic (exact) mass is 329 g/mol. The van der Waals surface area contributed by atoms with Crippen LogP contribution in [0.2, 0.25) is 0 Å². The molecule has 6 nitrogen and oxygen atoms in total. The third-order valence-electron chi connectivity index (χ3n) is 1.34. The maximum absolute atomic E-state index is 10.4. The Morgan fingerprint density at radius 2 is 1.57 bits per heavy atom. The minimum absolute atomic E-state index is 0. The molecule has 0 bridgehead atoms. The van der Waals surface area contributed by atoms with E-state index in [1.54, 1.807) is 0 Å². The molecule has 0 aliphatic heterocycles. The van der Waals surface area contributed by atoms with Gasteiger partial charge in [-0.05, 0) is 12.1 Å². The molecule has 0 unspecified atom stereocenters. The van der Waals surface area contributed by atoms with Crippen molar-refractivity contribution in [1.29, 1.82) is 0 Å². The number of rotatable bonds is 2. The van der Waals surface area contributed by atoms with Gasteiger partial charge in [-0.15, -0.1) is 0 Å². The van der Waals surface area contributed by atoms with Gasteiger partial charge < -0.3 is 28.5 Å². The molecule has 0 saturated carbocycles. The summed E-state index contributed by atoms with van der Waals surface area (Å²) in [6, 6.07) is 3.73. The third-order valence-corrected chi connectivity index (χ3v) is 2.19. The number of hydrogen-bond acceptors (Lipinski definition) is 5. The molecule has 0 spiro atoms. The average molecular weight is 329 g/mol. The van der Waals surface area contributed by atoms with Gasteiger partial charge in [0.25, 0.3) is 5.69 Å². The zero-order valence-corrected chi connectivity index (χ0v) is 9.56. The first-order valence-corrected chi connectivity index (χ1v) is 4.52. The average Bonchev–Trinajstić information content (AvgIpc) is 2.03. The molecule has 1 rings (SSSR count). The Morgan fingerprint density at radius 1 is 1.14 bits per heavy atom. The lowest BCUT2D eigenvalue weighted by Gasteiger charge is -2.04. The summed E-state index contributed by atoms with van der Waals surface area (Å²) in [5.74, 6) is 0. The van der Waals surface area contributed by atoms with Crippen LogP contribution >= 0.6 is 0 Å². The van der Waals surface area contributed by atoms with Gasteiger partial charge in [0.15, 0.2) is 0 Å². The maximum atomic E-state index is 10.4. The predicted octanol–water partition coefficient (Wildman–Crippen LogP) is -2.50. The molecule has 0 radical (unpaired) electrons. The zero-order chi connectivity index (χ0) is 10.1. The van der Waals surface area contributed by atoms with Gasteiger partial charge in [-0.25, -0.2) is 8.42 Å². The largest absolute Gasteiger partial charge is 1.00 e. The topological polar surface area (TPSA) is 100 Å². The normalized spacial score (nSPS) is 10.4. The van der Waals surface area contributed by atoms with Crippen molar-refractivity contribution in [3.05, 3.63) is 34.4 Å². The number of benzene rings is 1. The summed E-state index contributed by atoms with van der Waals surface area (Å²) < 4.78 is 31.2. The van der Waals surface area contributed by atoms with Crippen LogP contribution in [0.15, 0.2) is 29.2 Å². The first-order chi connectivity index (χ1) is 5.91. The molecule has 1 aromatic carbocycles. The fourth-order valence-electron chi connectivity index (χ4n) is 0.735. The van der Waals surface area contributed by atoms with Crippen molar-refractivity contribution in [1.82, 2.24) is 0 Å². The molecule has 0 aromatic heterocycles. The van der Waals surface area contributed by atoms with Crippen molar-refractivity contribution < 1.29 is 41.9 Å². The highest BCUT2D eigenvalue weighted by Crippen LogP contribution is 2.14. The van der Waals surface area contributed by atoms with Crippen LogP contribution in [0.3, 0.4) is 0 Å². The minimum atomic E-state index is -4.52. The molecule has 0 saturated heterocycles. The summed E-state index contributed by atoms with van der Waals surface area (Å²) in [6.07, 6.45) is 0. The second-order valence-electron chi connectivity index (χ2n) is 2.21. The number of non-ortho nitro benzene ring substituents is 1. The number of nitrogens with zero attached hydrogens (tertiary/aromatic N) is 1. The van der Waals surface area contributed by atoms with Crippen LogP contribution in [-0.2, 0) is 10.1 Å². The van der Waals surface area contributed by atoms with Crippen LogP contribution in [0.5, 0.6) is 0 Å². The first-order valence-electron chi connectivity index (χ1n) is 3.11. The first kappa shape index (κ1) is 13.3. The Hall–Kier alpha value is -0.740. The van der Waals surface area contributed by atoms with Crippen molar-refractivity contribution in [2.75, 3.05) is 0 Å². The molecule has 8 heteroatoms. The van der Waals surface area contributed by atoms with E-state index in [9.17, 15) is 23.1 Å². The number of nitro benzene ring substituents is 1. The summed E-state index contributed by atoms with van der Waals surface area (Å²) >= 11 is 0. The third kappa shape index (κ3) is 3.20. The zero-order valence-electron chi connectivity index (χ0n) is 6.58. The number of halogens is 1. The molecule has 0 aliphatic rings. The summed E-state index contributed by atoms with van der Waals surface area (Å²) in [5, 5.41) is 10.1. The van der Waals surface area contributed by atoms with Gasteiger partial charge in [0, 0.05) is 12.1 Å². The van der Waals surface area contributed by atoms with Crippen molar-refractivity contribution in [2.45, 2.75) is 4.90 Å². The van der Waals surface area contributed by atoms with Crippen LogP contribution in [0, 0.1) is 10.1 Å². The van der Waals surface area contributed by atoms with Crippen molar-refractivity contribution in [2.24, 2.45) is 0 Å².